The number of hydrogen-bond acceptors (Lipinski definition) is 6. The molecule has 0 aromatic carbocycles. The number of nitrogens with one attached hydrogen (secondary N) is 2. The molecule has 1 unspecified atom stereocenters. The molecule has 1 aromatic heterocycles. The van der Waals surface area contributed by atoms with Crippen molar-refractivity contribution in [1.82, 2.24) is 20.8 Å². The van der Waals surface area contributed by atoms with Gasteiger partial charge in [0, 0.05) is 6.54 Å². The van der Waals surface area contributed by atoms with Crippen LogP contribution >= 0.6 is 0 Å². The van der Waals surface area contributed by atoms with E-state index in [4.69, 9.17) is 9.63 Å². The lowest BCUT2D eigenvalue weighted by Gasteiger charge is -2.03. The van der Waals surface area contributed by atoms with E-state index in [-0.39, 0.29) is 18.4 Å². The zero-order valence-electron chi connectivity index (χ0n) is 9.64. The first-order valence-electron chi connectivity index (χ1n) is 5.70. The van der Waals surface area contributed by atoms with Gasteiger partial charge < -0.3 is 20.3 Å². The summed E-state index contributed by atoms with van der Waals surface area (Å²) < 4.78 is 5.03. The van der Waals surface area contributed by atoms with Crippen LogP contribution in [-0.2, 0) is 0 Å². The van der Waals surface area contributed by atoms with E-state index in [1.165, 1.54) is 0 Å². The Hall–Kier alpha value is -1.47. The minimum Gasteiger partial charge on any atom is -0.392 e. The predicted molar refractivity (Wildman–Crippen MR) is 58.3 cm³/mol. The molecule has 0 spiro atoms. The van der Waals surface area contributed by atoms with Gasteiger partial charge in [-0.3, -0.25) is 4.79 Å². The summed E-state index contributed by atoms with van der Waals surface area (Å²) in [6, 6.07) is 0.0563. The van der Waals surface area contributed by atoms with Crippen molar-refractivity contribution < 1.29 is 14.4 Å². The number of carbonyl (C=O) groups is 1. The van der Waals surface area contributed by atoms with Gasteiger partial charge in [-0.05, 0) is 26.3 Å². The van der Waals surface area contributed by atoms with Gasteiger partial charge in [-0.25, -0.2) is 0 Å². The summed E-state index contributed by atoms with van der Waals surface area (Å²) in [5.41, 5.74) is 0. The van der Waals surface area contributed by atoms with Crippen LogP contribution in [0.1, 0.15) is 42.3 Å². The smallest absolute Gasteiger partial charge is 0.292 e. The van der Waals surface area contributed by atoms with E-state index in [9.17, 15) is 4.79 Å². The first-order valence-corrected chi connectivity index (χ1v) is 5.70. The maximum Gasteiger partial charge on any atom is 0.292 e. The normalized spacial score (nSPS) is 21.4. The van der Waals surface area contributed by atoms with E-state index >= 15 is 0 Å². The molecule has 0 aliphatic carbocycles. The van der Waals surface area contributed by atoms with Crippen molar-refractivity contribution in [3.63, 3.8) is 0 Å². The summed E-state index contributed by atoms with van der Waals surface area (Å²) in [5.74, 6) is 0.0259. The van der Waals surface area contributed by atoms with Crippen LogP contribution in [0.5, 0.6) is 0 Å². The Morgan fingerprint density at radius 3 is 3.24 bits per heavy atom. The Labute approximate surface area is 98.6 Å². The molecule has 1 fully saturated rings. The Bertz CT molecular complexity index is 385. The molecule has 0 saturated carbocycles. The average molecular weight is 240 g/mol. The van der Waals surface area contributed by atoms with E-state index in [1.807, 2.05) is 0 Å². The third kappa shape index (κ3) is 3.01. The highest BCUT2D eigenvalue weighted by Gasteiger charge is 2.24. The Kier molecular flexibility index (Phi) is 3.70. The number of aliphatic hydroxyl groups is 1. The SMILES string of the molecule is C[C@@H](O)CNC(=O)c1noc(C2CCCN2)n1. The highest BCUT2D eigenvalue weighted by Crippen LogP contribution is 2.20. The topological polar surface area (TPSA) is 100 Å². The van der Waals surface area contributed by atoms with Gasteiger partial charge in [-0.2, -0.15) is 4.98 Å². The van der Waals surface area contributed by atoms with Crippen molar-refractivity contribution in [3.05, 3.63) is 11.7 Å². The lowest BCUT2D eigenvalue weighted by atomic mass is 10.2. The summed E-state index contributed by atoms with van der Waals surface area (Å²) in [4.78, 5) is 15.6. The van der Waals surface area contributed by atoms with Gasteiger partial charge in [0.15, 0.2) is 0 Å². The van der Waals surface area contributed by atoms with Crippen LogP contribution in [0.2, 0.25) is 0 Å². The molecule has 1 aliphatic heterocycles. The van der Waals surface area contributed by atoms with Crippen molar-refractivity contribution in [3.8, 4) is 0 Å². The minimum atomic E-state index is -0.596. The minimum absolute atomic E-state index is 0.00866. The average Bonchev–Trinajstić information content (AvgIpc) is 2.94. The maximum absolute atomic E-state index is 11.5. The van der Waals surface area contributed by atoms with Gasteiger partial charge in [-0.1, -0.05) is 5.16 Å². The third-order valence-corrected chi connectivity index (χ3v) is 2.56. The molecule has 7 heteroatoms. The molecular formula is C10H16N4O3. The maximum atomic E-state index is 11.5. The van der Waals surface area contributed by atoms with Crippen LogP contribution in [0.4, 0.5) is 0 Å². The van der Waals surface area contributed by atoms with Gasteiger partial charge in [0.25, 0.3) is 11.7 Å². The second-order valence-corrected chi connectivity index (χ2v) is 4.16. The standard InChI is InChI=1S/C10H16N4O3/c1-6(15)5-12-9(16)8-13-10(17-14-8)7-3-2-4-11-7/h6-7,11,15H,2-5H2,1H3,(H,12,16)/t6-,7?/m1/s1. The highest BCUT2D eigenvalue weighted by molar-refractivity contribution is 5.90. The monoisotopic (exact) mass is 240 g/mol. The van der Waals surface area contributed by atoms with Crippen molar-refractivity contribution in [2.45, 2.75) is 31.9 Å². The molecule has 94 valence electrons. The van der Waals surface area contributed by atoms with Gasteiger partial charge in [0.2, 0.25) is 5.89 Å². The lowest BCUT2D eigenvalue weighted by molar-refractivity contribution is 0.0910. The van der Waals surface area contributed by atoms with Crippen LogP contribution in [-0.4, -0.2) is 40.3 Å². The van der Waals surface area contributed by atoms with Crippen molar-refractivity contribution in [2.24, 2.45) is 0 Å². The summed E-state index contributed by atoms with van der Waals surface area (Å²) in [7, 11) is 0. The molecule has 2 rings (SSSR count). The zero-order valence-corrected chi connectivity index (χ0v) is 9.64. The van der Waals surface area contributed by atoms with Crippen molar-refractivity contribution in [2.75, 3.05) is 13.1 Å². The molecule has 1 aromatic rings. The summed E-state index contributed by atoms with van der Waals surface area (Å²) >= 11 is 0. The molecule has 2 atom stereocenters. The fourth-order valence-corrected chi connectivity index (χ4v) is 1.68. The Morgan fingerprint density at radius 1 is 1.76 bits per heavy atom. The van der Waals surface area contributed by atoms with Crippen LogP contribution in [0, 0.1) is 0 Å². The number of rotatable bonds is 4. The zero-order chi connectivity index (χ0) is 12.3. The first kappa shape index (κ1) is 12.0. The number of hydrogen-bond donors (Lipinski definition) is 3. The number of nitrogens with zero attached hydrogens (tertiary/aromatic N) is 2. The largest absolute Gasteiger partial charge is 0.392 e. The summed E-state index contributed by atoms with van der Waals surface area (Å²) in [6.07, 6.45) is 1.41. The third-order valence-electron chi connectivity index (χ3n) is 2.56. The van der Waals surface area contributed by atoms with Gasteiger partial charge in [0.1, 0.15) is 0 Å². The molecule has 7 nitrogen and oxygen atoms in total. The van der Waals surface area contributed by atoms with E-state index in [0.29, 0.717) is 5.89 Å². The Balaban J connectivity index is 1.95. The quantitative estimate of drug-likeness (QED) is 0.662. The van der Waals surface area contributed by atoms with Crippen LogP contribution in [0.3, 0.4) is 0 Å². The lowest BCUT2D eigenvalue weighted by Crippen LogP contribution is -2.31. The van der Waals surface area contributed by atoms with Gasteiger partial charge in [0.05, 0.1) is 12.1 Å². The molecular weight excluding hydrogens is 224 g/mol. The Morgan fingerprint density at radius 2 is 2.59 bits per heavy atom. The van der Waals surface area contributed by atoms with Crippen LogP contribution < -0.4 is 10.6 Å². The number of aliphatic hydroxyl groups excluding tert-OH is 1. The summed E-state index contributed by atoms with van der Waals surface area (Å²) in [6.45, 7) is 2.69. The molecule has 3 N–H and O–H groups in total. The molecule has 1 amide bonds. The van der Waals surface area contributed by atoms with Crippen LogP contribution in [0.15, 0.2) is 4.52 Å². The molecule has 0 radical (unpaired) electrons. The number of amides is 1. The van der Waals surface area contributed by atoms with Gasteiger partial charge in [-0.15, -0.1) is 0 Å². The first-order chi connectivity index (χ1) is 8.16. The highest BCUT2D eigenvalue weighted by atomic mass is 16.5. The number of aromatic nitrogens is 2. The summed E-state index contributed by atoms with van der Waals surface area (Å²) in [5, 5.41) is 18.4. The van der Waals surface area contributed by atoms with E-state index in [1.54, 1.807) is 6.92 Å². The van der Waals surface area contributed by atoms with E-state index in [2.05, 4.69) is 20.8 Å². The fraction of sp³-hybridized carbons (Fsp3) is 0.700. The predicted octanol–water partition coefficient (Wildman–Crippen LogP) is -0.395. The molecule has 0 bridgehead atoms. The van der Waals surface area contributed by atoms with Crippen LogP contribution in [0.25, 0.3) is 0 Å². The van der Waals surface area contributed by atoms with Crippen molar-refractivity contribution in [1.29, 1.82) is 0 Å². The molecule has 17 heavy (non-hydrogen) atoms. The van der Waals surface area contributed by atoms with Gasteiger partial charge >= 0.3 is 0 Å². The molecule has 1 aliphatic rings. The van der Waals surface area contributed by atoms with E-state index < -0.39 is 12.0 Å². The number of carbonyl (C=O) groups excluding carboxylic acids is 1. The van der Waals surface area contributed by atoms with Crippen molar-refractivity contribution >= 4 is 5.91 Å². The molecule has 2 heterocycles. The molecule has 1 saturated heterocycles. The fourth-order valence-electron chi connectivity index (χ4n) is 1.68. The second-order valence-electron chi connectivity index (χ2n) is 4.16. The second kappa shape index (κ2) is 5.24. The van der Waals surface area contributed by atoms with E-state index in [0.717, 1.165) is 19.4 Å².